The van der Waals surface area contributed by atoms with Crippen LogP contribution in [0.4, 0.5) is 0 Å². The third-order valence-electron chi connectivity index (χ3n) is 3.22. The number of esters is 2. The minimum atomic E-state index is -0.658. The Balaban J connectivity index is 2.93. The normalized spacial score (nSPS) is 10.5. The quantitative estimate of drug-likeness (QED) is 0.433. The molecule has 0 saturated carbocycles. The fraction of sp³-hybridized carbons (Fsp3) is 0.222. The number of hydrogen-bond acceptors (Lipinski definition) is 6. The minimum Gasteiger partial charge on any atom is -0.466 e. The Bertz CT molecular complexity index is 723. The largest absolute Gasteiger partial charge is 0.466 e. The van der Waals surface area contributed by atoms with Crippen LogP contribution in [0.1, 0.15) is 28.8 Å². The molecule has 0 saturated heterocycles. The van der Waals surface area contributed by atoms with E-state index >= 15 is 0 Å². The van der Waals surface area contributed by atoms with E-state index in [1.54, 1.807) is 0 Å². The summed E-state index contributed by atoms with van der Waals surface area (Å²) in [5.74, 6) is -1.63. The number of ketones is 1. The molecule has 1 aromatic rings. The Morgan fingerprint density at radius 1 is 1.08 bits per heavy atom. The summed E-state index contributed by atoms with van der Waals surface area (Å²) in [6, 6.07) is 7.98. The van der Waals surface area contributed by atoms with Crippen molar-refractivity contribution in [2.75, 3.05) is 14.2 Å². The van der Waals surface area contributed by atoms with E-state index in [0.717, 1.165) is 6.08 Å². The number of carbonyl (C=O) groups excluding carboxylic acids is 3. The molecule has 0 spiro atoms. The van der Waals surface area contributed by atoms with E-state index in [-0.39, 0.29) is 24.0 Å². The number of carbonyl (C=O) groups is 3. The van der Waals surface area contributed by atoms with Crippen molar-refractivity contribution in [1.82, 2.24) is 0 Å². The molecule has 6 nitrogen and oxygen atoms in total. The smallest absolute Gasteiger partial charge is 0.333 e. The molecule has 124 valence electrons. The first-order valence-corrected chi connectivity index (χ1v) is 7.02. The average Bonchev–Trinajstić information content (AvgIpc) is 2.63. The number of nitriles is 1. The van der Waals surface area contributed by atoms with Gasteiger partial charge in [0.25, 0.3) is 0 Å². The second-order valence-electron chi connectivity index (χ2n) is 4.81. The predicted molar refractivity (Wildman–Crippen MR) is 86.0 cm³/mol. The van der Waals surface area contributed by atoms with E-state index in [4.69, 9.17) is 5.26 Å². The van der Waals surface area contributed by atoms with Crippen molar-refractivity contribution < 1.29 is 23.9 Å². The Morgan fingerprint density at radius 2 is 1.67 bits per heavy atom. The van der Waals surface area contributed by atoms with Gasteiger partial charge >= 0.3 is 11.9 Å². The van der Waals surface area contributed by atoms with Crippen LogP contribution in [0, 0.1) is 11.3 Å². The van der Waals surface area contributed by atoms with Gasteiger partial charge in [0, 0.05) is 16.7 Å². The maximum absolute atomic E-state index is 12.2. The van der Waals surface area contributed by atoms with E-state index < -0.39 is 17.7 Å². The first-order chi connectivity index (χ1) is 11.4. The molecule has 0 aliphatic rings. The second-order valence-corrected chi connectivity index (χ2v) is 4.81. The van der Waals surface area contributed by atoms with Crippen molar-refractivity contribution >= 4 is 17.7 Å². The zero-order valence-electron chi connectivity index (χ0n) is 13.5. The van der Waals surface area contributed by atoms with Gasteiger partial charge in [0.1, 0.15) is 0 Å². The molecule has 0 aliphatic heterocycles. The first-order valence-electron chi connectivity index (χ1n) is 7.02. The number of methoxy groups -OCH3 is 2. The summed E-state index contributed by atoms with van der Waals surface area (Å²) in [7, 11) is 2.44. The lowest BCUT2D eigenvalue weighted by atomic mass is 10.0. The topological polar surface area (TPSA) is 93.5 Å². The molecule has 0 aliphatic carbocycles. The highest BCUT2D eigenvalue weighted by Crippen LogP contribution is 2.15. The van der Waals surface area contributed by atoms with E-state index in [1.807, 2.05) is 6.07 Å². The van der Waals surface area contributed by atoms with Gasteiger partial charge in [-0.15, -0.1) is 0 Å². The van der Waals surface area contributed by atoms with Gasteiger partial charge < -0.3 is 9.47 Å². The number of nitrogens with zero attached hydrogens (tertiary/aromatic N) is 1. The molecule has 0 amide bonds. The Morgan fingerprint density at radius 3 is 2.17 bits per heavy atom. The molecular formula is C18H17NO5. The minimum absolute atomic E-state index is 0.114. The fourth-order valence-electron chi connectivity index (χ4n) is 1.85. The zero-order valence-corrected chi connectivity index (χ0v) is 13.5. The molecular weight excluding hydrogens is 310 g/mol. The summed E-state index contributed by atoms with van der Waals surface area (Å²) in [6.07, 6.45) is 1.44. The van der Waals surface area contributed by atoms with Crippen LogP contribution in [0.25, 0.3) is 0 Å². The van der Waals surface area contributed by atoms with Crippen LogP contribution in [-0.4, -0.2) is 31.9 Å². The van der Waals surface area contributed by atoms with Gasteiger partial charge in [-0.2, -0.15) is 5.26 Å². The van der Waals surface area contributed by atoms with Crippen molar-refractivity contribution in [1.29, 1.82) is 5.26 Å². The second kappa shape index (κ2) is 9.06. The number of allylic oxidation sites excluding steroid dienone is 1. The Hall–Kier alpha value is -3.20. The molecule has 0 radical (unpaired) electrons. The van der Waals surface area contributed by atoms with E-state index in [0.29, 0.717) is 11.1 Å². The maximum Gasteiger partial charge on any atom is 0.333 e. The molecule has 0 heterocycles. The average molecular weight is 327 g/mol. The summed E-state index contributed by atoms with van der Waals surface area (Å²) in [5.41, 5.74) is 1.08. The summed E-state index contributed by atoms with van der Waals surface area (Å²) in [6.45, 7) is 3.57. The molecule has 0 bridgehead atoms. The molecule has 1 aromatic carbocycles. The third-order valence-corrected chi connectivity index (χ3v) is 3.22. The van der Waals surface area contributed by atoms with Crippen LogP contribution in [0.2, 0.25) is 0 Å². The van der Waals surface area contributed by atoms with Crippen LogP contribution >= 0.6 is 0 Å². The van der Waals surface area contributed by atoms with Gasteiger partial charge in [-0.3, -0.25) is 4.79 Å². The first kappa shape index (κ1) is 18.8. The highest BCUT2D eigenvalue weighted by molar-refractivity contribution is 6.08. The van der Waals surface area contributed by atoms with Crippen molar-refractivity contribution in [2.24, 2.45) is 0 Å². The maximum atomic E-state index is 12.2. The van der Waals surface area contributed by atoms with Crippen molar-refractivity contribution in [3.63, 3.8) is 0 Å². The standard InChI is InChI=1S/C18H17NO5/c1-12(17(21)23-2)4-7-15(18(22)24-3)10-16(20)14-8-5-13(11-19)6-9-14/h5-6,8-10H,1,4,7H2,2-3H3/b15-10+. The van der Waals surface area contributed by atoms with Crippen molar-refractivity contribution in [2.45, 2.75) is 12.8 Å². The van der Waals surface area contributed by atoms with Crippen LogP contribution in [0.15, 0.2) is 48.1 Å². The van der Waals surface area contributed by atoms with Gasteiger partial charge in [0.2, 0.25) is 0 Å². The van der Waals surface area contributed by atoms with Gasteiger partial charge in [-0.05, 0) is 43.2 Å². The molecule has 0 aromatic heterocycles. The van der Waals surface area contributed by atoms with Crippen LogP contribution < -0.4 is 0 Å². The number of hydrogen-bond donors (Lipinski definition) is 0. The highest BCUT2D eigenvalue weighted by Gasteiger charge is 2.15. The van der Waals surface area contributed by atoms with Crippen molar-refractivity contribution in [3.8, 4) is 6.07 Å². The molecule has 0 unspecified atom stereocenters. The summed E-state index contributed by atoms with van der Waals surface area (Å²) >= 11 is 0. The van der Waals surface area contributed by atoms with E-state index in [2.05, 4.69) is 16.1 Å². The lowest BCUT2D eigenvalue weighted by molar-refractivity contribution is -0.137. The molecule has 0 fully saturated rings. The zero-order chi connectivity index (χ0) is 18.1. The third kappa shape index (κ3) is 5.21. The van der Waals surface area contributed by atoms with E-state index in [9.17, 15) is 14.4 Å². The van der Waals surface area contributed by atoms with Gasteiger partial charge in [-0.1, -0.05) is 6.58 Å². The molecule has 0 N–H and O–H groups in total. The van der Waals surface area contributed by atoms with Crippen LogP contribution in [0.5, 0.6) is 0 Å². The summed E-state index contributed by atoms with van der Waals surface area (Å²) < 4.78 is 9.19. The summed E-state index contributed by atoms with van der Waals surface area (Å²) in [5, 5.41) is 8.75. The van der Waals surface area contributed by atoms with Crippen LogP contribution in [-0.2, 0) is 19.1 Å². The lowest BCUT2D eigenvalue weighted by Gasteiger charge is -2.07. The van der Waals surface area contributed by atoms with Crippen molar-refractivity contribution in [3.05, 3.63) is 59.2 Å². The van der Waals surface area contributed by atoms with Gasteiger partial charge in [0.05, 0.1) is 25.9 Å². The monoisotopic (exact) mass is 327 g/mol. The fourth-order valence-corrected chi connectivity index (χ4v) is 1.85. The number of benzene rings is 1. The van der Waals surface area contributed by atoms with Gasteiger partial charge in [0.15, 0.2) is 5.78 Å². The lowest BCUT2D eigenvalue weighted by Crippen LogP contribution is -2.10. The number of rotatable bonds is 7. The van der Waals surface area contributed by atoms with Gasteiger partial charge in [-0.25, -0.2) is 9.59 Å². The number of ether oxygens (including phenoxy) is 2. The SMILES string of the molecule is C=C(CC/C(=C\C(=O)c1ccc(C#N)cc1)C(=O)OC)C(=O)OC. The predicted octanol–water partition coefficient (Wildman–Crippen LogP) is 2.35. The highest BCUT2D eigenvalue weighted by atomic mass is 16.5. The Kier molecular flexibility index (Phi) is 7.11. The molecule has 24 heavy (non-hydrogen) atoms. The molecule has 0 atom stereocenters. The van der Waals surface area contributed by atoms with E-state index in [1.165, 1.54) is 38.5 Å². The Labute approximate surface area is 140 Å². The summed E-state index contributed by atoms with van der Waals surface area (Å²) in [4.78, 5) is 35.3. The molecule has 1 rings (SSSR count). The molecule has 6 heteroatoms. The van der Waals surface area contributed by atoms with Crippen LogP contribution in [0.3, 0.4) is 0 Å².